The van der Waals surface area contributed by atoms with E-state index in [-0.39, 0.29) is 4.90 Å². The van der Waals surface area contributed by atoms with Gasteiger partial charge in [-0.05, 0) is 50.5 Å². The first kappa shape index (κ1) is 15.9. The Morgan fingerprint density at radius 2 is 2.13 bits per heavy atom. The zero-order chi connectivity index (χ0) is 16.6. The van der Waals surface area contributed by atoms with Crippen LogP contribution in [0, 0.1) is 13.8 Å². The lowest BCUT2D eigenvalue weighted by atomic mass is 10.2. The summed E-state index contributed by atoms with van der Waals surface area (Å²) >= 11 is 0. The van der Waals surface area contributed by atoms with Crippen LogP contribution < -0.4 is 4.74 Å². The van der Waals surface area contributed by atoms with Crippen molar-refractivity contribution in [2.24, 2.45) is 0 Å². The number of aromatic nitrogens is 2. The number of hydrogen-bond acceptors (Lipinski definition) is 6. The second-order valence-corrected chi connectivity index (χ2v) is 7.48. The molecule has 1 aromatic heterocycles. The molecule has 8 heteroatoms. The number of nitrogens with zero attached hydrogens (tertiary/aromatic N) is 3. The fraction of sp³-hybridized carbons (Fsp3) is 0.467. The Morgan fingerprint density at radius 1 is 1.35 bits per heavy atom. The molecule has 1 atom stereocenters. The second kappa shape index (κ2) is 5.93. The molecule has 7 nitrogen and oxygen atoms in total. The van der Waals surface area contributed by atoms with E-state index in [0.717, 1.165) is 12.0 Å². The van der Waals surface area contributed by atoms with Crippen molar-refractivity contribution in [2.45, 2.75) is 37.6 Å². The number of hydrogen-bond donors (Lipinski definition) is 0. The maximum atomic E-state index is 13.0. The van der Waals surface area contributed by atoms with E-state index in [4.69, 9.17) is 9.26 Å². The molecule has 124 valence electrons. The van der Waals surface area contributed by atoms with Gasteiger partial charge in [0.05, 0.1) is 12.0 Å². The molecule has 0 radical (unpaired) electrons. The van der Waals surface area contributed by atoms with Gasteiger partial charge in [-0.25, -0.2) is 8.42 Å². The van der Waals surface area contributed by atoms with Crippen LogP contribution in [0.4, 0.5) is 0 Å². The molecule has 1 unspecified atom stereocenters. The van der Waals surface area contributed by atoms with Crippen LogP contribution in [0.1, 0.15) is 36.2 Å². The standard InChI is InChI=1S/C15H19N3O4S/c1-10-9-12(6-7-14(10)21-3)23(19,20)18-8-4-5-13(18)15-16-11(2)17-22-15/h6-7,9,13H,4-5,8H2,1-3H3. The van der Waals surface area contributed by atoms with Crippen molar-refractivity contribution in [3.05, 3.63) is 35.5 Å². The van der Waals surface area contributed by atoms with Crippen molar-refractivity contribution in [1.82, 2.24) is 14.4 Å². The first-order chi connectivity index (χ1) is 10.9. The molecule has 0 N–H and O–H groups in total. The Kier molecular flexibility index (Phi) is 4.11. The third kappa shape index (κ3) is 2.84. The monoisotopic (exact) mass is 337 g/mol. The van der Waals surface area contributed by atoms with Crippen molar-refractivity contribution >= 4 is 10.0 Å². The maximum absolute atomic E-state index is 13.0. The maximum Gasteiger partial charge on any atom is 0.245 e. The van der Waals surface area contributed by atoms with E-state index in [0.29, 0.717) is 30.4 Å². The summed E-state index contributed by atoms with van der Waals surface area (Å²) in [4.78, 5) is 4.44. The van der Waals surface area contributed by atoms with E-state index in [1.807, 2.05) is 6.92 Å². The van der Waals surface area contributed by atoms with Gasteiger partial charge in [-0.3, -0.25) is 0 Å². The first-order valence-corrected chi connectivity index (χ1v) is 8.84. The summed E-state index contributed by atoms with van der Waals surface area (Å²) in [6.07, 6.45) is 1.44. The predicted molar refractivity (Wildman–Crippen MR) is 82.6 cm³/mol. The van der Waals surface area contributed by atoms with E-state index >= 15 is 0 Å². The third-order valence-corrected chi connectivity index (χ3v) is 5.91. The average Bonchev–Trinajstić information content (AvgIpc) is 3.15. The minimum absolute atomic E-state index is 0.249. The molecule has 1 aliphatic rings. The Hall–Kier alpha value is -1.93. The second-order valence-electron chi connectivity index (χ2n) is 5.59. The summed E-state index contributed by atoms with van der Waals surface area (Å²) in [5.74, 6) is 1.52. The quantitative estimate of drug-likeness (QED) is 0.850. The fourth-order valence-corrected chi connectivity index (χ4v) is 4.61. The summed E-state index contributed by atoms with van der Waals surface area (Å²) in [6, 6.07) is 4.46. The van der Waals surface area contributed by atoms with Gasteiger partial charge in [0.25, 0.3) is 0 Å². The van der Waals surface area contributed by atoms with Gasteiger partial charge in [0, 0.05) is 6.54 Å². The van der Waals surface area contributed by atoms with Crippen LogP contribution in [0.15, 0.2) is 27.6 Å². The first-order valence-electron chi connectivity index (χ1n) is 7.40. The molecule has 23 heavy (non-hydrogen) atoms. The zero-order valence-electron chi connectivity index (χ0n) is 13.3. The molecule has 3 rings (SSSR count). The van der Waals surface area contributed by atoms with Gasteiger partial charge in [0.2, 0.25) is 15.9 Å². The molecule has 0 saturated carbocycles. The minimum Gasteiger partial charge on any atom is -0.496 e. The highest BCUT2D eigenvalue weighted by Crippen LogP contribution is 2.36. The van der Waals surface area contributed by atoms with Crippen LogP contribution in [0.25, 0.3) is 0 Å². The number of benzene rings is 1. The number of ether oxygens (including phenoxy) is 1. The summed E-state index contributed by atoms with van der Waals surface area (Å²) in [6.45, 7) is 3.98. The van der Waals surface area contributed by atoms with Crippen LogP contribution in [-0.2, 0) is 10.0 Å². The van der Waals surface area contributed by atoms with E-state index in [1.165, 1.54) is 4.31 Å². The molecule has 1 saturated heterocycles. The van der Waals surface area contributed by atoms with Crippen molar-refractivity contribution in [2.75, 3.05) is 13.7 Å². The highest BCUT2D eigenvalue weighted by atomic mass is 32.2. The van der Waals surface area contributed by atoms with Gasteiger partial charge in [-0.1, -0.05) is 5.16 Å². The van der Waals surface area contributed by atoms with Crippen LogP contribution >= 0.6 is 0 Å². The summed E-state index contributed by atoms with van der Waals surface area (Å²) < 4.78 is 37.8. The molecule has 2 aromatic rings. The Bertz CT molecular complexity index is 816. The molecular formula is C15H19N3O4S. The topological polar surface area (TPSA) is 85.5 Å². The molecule has 0 bridgehead atoms. The SMILES string of the molecule is COc1ccc(S(=O)(=O)N2CCCC2c2nc(C)no2)cc1C. The number of rotatable bonds is 4. The smallest absolute Gasteiger partial charge is 0.245 e. The largest absolute Gasteiger partial charge is 0.496 e. The Labute approximate surface area is 135 Å². The molecule has 0 aliphatic carbocycles. The third-order valence-electron chi connectivity index (χ3n) is 4.00. The summed E-state index contributed by atoms with van der Waals surface area (Å²) in [7, 11) is -2.06. The van der Waals surface area contributed by atoms with Gasteiger partial charge in [-0.15, -0.1) is 0 Å². The van der Waals surface area contributed by atoms with Crippen LogP contribution in [-0.4, -0.2) is 36.5 Å². The van der Waals surface area contributed by atoms with Crippen LogP contribution in [0.2, 0.25) is 0 Å². The summed E-state index contributed by atoms with van der Waals surface area (Å²) in [5, 5.41) is 3.76. The lowest BCUT2D eigenvalue weighted by molar-refractivity contribution is 0.289. The highest BCUT2D eigenvalue weighted by Gasteiger charge is 2.39. The Balaban J connectivity index is 1.96. The normalized spacial score (nSPS) is 19.2. The van der Waals surface area contributed by atoms with E-state index in [9.17, 15) is 8.42 Å². The molecule has 1 fully saturated rings. The predicted octanol–water partition coefficient (Wildman–Crippen LogP) is 2.22. The molecule has 0 spiro atoms. The molecule has 1 aromatic carbocycles. The number of aryl methyl sites for hydroxylation is 2. The number of methoxy groups -OCH3 is 1. The van der Waals surface area contributed by atoms with Crippen molar-refractivity contribution in [3.8, 4) is 5.75 Å². The molecule has 0 amide bonds. The Morgan fingerprint density at radius 3 is 2.74 bits per heavy atom. The lowest BCUT2D eigenvalue weighted by Crippen LogP contribution is -2.31. The van der Waals surface area contributed by atoms with Crippen LogP contribution in [0.3, 0.4) is 0 Å². The van der Waals surface area contributed by atoms with Crippen molar-refractivity contribution in [3.63, 3.8) is 0 Å². The average molecular weight is 337 g/mol. The van der Waals surface area contributed by atoms with Crippen molar-refractivity contribution < 1.29 is 17.7 Å². The molecular weight excluding hydrogens is 318 g/mol. The van der Waals surface area contributed by atoms with Crippen LogP contribution in [0.5, 0.6) is 5.75 Å². The fourth-order valence-electron chi connectivity index (χ4n) is 2.87. The van der Waals surface area contributed by atoms with Gasteiger partial charge in [0.15, 0.2) is 5.82 Å². The number of sulfonamides is 1. The molecule has 2 heterocycles. The lowest BCUT2D eigenvalue weighted by Gasteiger charge is -2.21. The zero-order valence-corrected chi connectivity index (χ0v) is 14.1. The van der Waals surface area contributed by atoms with Crippen molar-refractivity contribution in [1.29, 1.82) is 0 Å². The van der Waals surface area contributed by atoms with E-state index in [1.54, 1.807) is 32.2 Å². The highest BCUT2D eigenvalue weighted by molar-refractivity contribution is 7.89. The van der Waals surface area contributed by atoms with Gasteiger partial charge in [0.1, 0.15) is 11.8 Å². The minimum atomic E-state index is -3.62. The van der Waals surface area contributed by atoms with Gasteiger partial charge >= 0.3 is 0 Å². The van der Waals surface area contributed by atoms with Gasteiger partial charge in [-0.2, -0.15) is 9.29 Å². The van der Waals surface area contributed by atoms with Gasteiger partial charge < -0.3 is 9.26 Å². The van der Waals surface area contributed by atoms with E-state index < -0.39 is 16.1 Å². The molecule has 1 aliphatic heterocycles. The van der Waals surface area contributed by atoms with E-state index in [2.05, 4.69) is 10.1 Å². The summed E-state index contributed by atoms with van der Waals surface area (Å²) in [5.41, 5.74) is 0.776.